The molecular formula is C15H20ClN5. The van der Waals surface area contributed by atoms with Crippen LogP contribution in [0.3, 0.4) is 0 Å². The van der Waals surface area contributed by atoms with Gasteiger partial charge in [0.15, 0.2) is 0 Å². The molecule has 0 aliphatic carbocycles. The van der Waals surface area contributed by atoms with Crippen molar-refractivity contribution in [2.24, 2.45) is 5.92 Å². The van der Waals surface area contributed by atoms with Crippen LogP contribution in [0.25, 0.3) is 5.69 Å². The van der Waals surface area contributed by atoms with Crippen LogP contribution in [-0.4, -0.2) is 46.3 Å². The smallest absolute Gasteiger partial charge is 0.138 e. The van der Waals surface area contributed by atoms with Crippen LogP contribution in [0.15, 0.2) is 30.9 Å². The van der Waals surface area contributed by atoms with Gasteiger partial charge in [-0.1, -0.05) is 11.6 Å². The van der Waals surface area contributed by atoms with E-state index in [0.29, 0.717) is 5.92 Å². The van der Waals surface area contributed by atoms with Gasteiger partial charge < -0.3 is 10.2 Å². The van der Waals surface area contributed by atoms with Crippen molar-refractivity contribution in [3.63, 3.8) is 0 Å². The zero-order valence-electron chi connectivity index (χ0n) is 12.2. The molecule has 0 saturated carbocycles. The zero-order valence-corrected chi connectivity index (χ0v) is 12.9. The lowest BCUT2D eigenvalue weighted by Gasteiger charge is -2.30. The van der Waals surface area contributed by atoms with Crippen molar-refractivity contribution in [1.29, 1.82) is 0 Å². The number of nitrogens with zero attached hydrogens (tertiary/aromatic N) is 4. The van der Waals surface area contributed by atoms with Crippen molar-refractivity contribution < 1.29 is 0 Å². The van der Waals surface area contributed by atoms with Gasteiger partial charge in [0.05, 0.1) is 11.4 Å². The van der Waals surface area contributed by atoms with Gasteiger partial charge in [-0.2, -0.15) is 5.10 Å². The summed E-state index contributed by atoms with van der Waals surface area (Å²) in [7, 11) is 2.19. The molecule has 1 unspecified atom stereocenters. The van der Waals surface area contributed by atoms with Gasteiger partial charge in [0.25, 0.3) is 0 Å². The van der Waals surface area contributed by atoms with E-state index in [2.05, 4.69) is 27.3 Å². The Labute approximate surface area is 129 Å². The van der Waals surface area contributed by atoms with Crippen molar-refractivity contribution >= 4 is 17.3 Å². The predicted molar refractivity (Wildman–Crippen MR) is 85.1 cm³/mol. The zero-order chi connectivity index (χ0) is 14.7. The Bertz CT molecular complexity index is 584. The van der Waals surface area contributed by atoms with Crippen LogP contribution in [0.4, 0.5) is 5.69 Å². The Kier molecular flexibility index (Phi) is 4.41. The maximum Gasteiger partial charge on any atom is 0.138 e. The lowest BCUT2D eigenvalue weighted by Crippen LogP contribution is -2.35. The van der Waals surface area contributed by atoms with Crippen molar-refractivity contribution in [1.82, 2.24) is 19.7 Å². The molecule has 0 bridgehead atoms. The molecule has 1 aromatic carbocycles. The van der Waals surface area contributed by atoms with Crippen molar-refractivity contribution in [2.45, 2.75) is 12.8 Å². The van der Waals surface area contributed by atoms with Gasteiger partial charge in [0.2, 0.25) is 0 Å². The number of piperidine rings is 1. The van der Waals surface area contributed by atoms with Crippen LogP contribution in [-0.2, 0) is 0 Å². The van der Waals surface area contributed by atoms with Gasteiger partial charge in [-0.3, -0.25) is 0 Å². The summed E-state index contributed by atoms with van der Waals surface area (Å²) in [5.41, 5.74) is 1.97. The van der Waals surface area contributed by atoms with Crippen LogP contribution in [0.5, 0.6) is 0 Å². The molecule has 2 aromatic rings. The summed E-state index contributed by atoms with van der Waals surface area (Å²) < 4.78 is 1.76. The molecule has 1 aliphatic heterocycles. The Morgan fingerprint density at radius 3 is 3.10 bits per heavy atom. The van der Waals surface area contributed by atoms with Gasteiger partial charge in [-0.25, -0.2) is 9.67 Å². The van der Waals surface area contributed by atoms with Crippen LogP contribution in [0.2, 0.25) is 5.02 Å². The van der Waals surface area contributed by atoms with Gasteiger partial charge in [-0.15, -0.1) is 0 Å². The fraction of sp³-hybridized carbons (Fsp3) is 0.467. The van der Waals surface area contributed by atoms with Gasteiger partial charge in [0, 0.05) is 18.1 Å². The third kappa shape index (κ3) is 3.54. The van der Waals surface area contributed by atoms with Crippen LogP contribution >= 0.6 is 11.6 Å². The van der Waals surface area contributed by atoms with Crippen molar-refractivity contribution in [2.75, 3.05) is 32.0 Å². The summed E-state index contributed by atoms with van der Waals surface area (Å²) in [6.07, 6.45) is 5.78. The first-order valence-electron chi connectivity index (χ1n) is 7.29. The normalized spacial score (nSPS) is 19.6. The van der Waals surface area contributed by atoms with E-state index in [1.165, 1.54) is 25.7 Å². The minimum atomic E-state index is 0.673. The summed E-state index contributed by atoms with van der Waals surface area (Å²) in [6.45, 7) is 3.30. The Balaban J connectivity index is 1.73. The van der Waals surface area contributed by atoms with Crippen molar-refractivity contribution in [3.8, 4) is 5.69 Å². The molecule has 2 heterocycles. The van der Waals surface area contributed by atoms with Crippen LogP contribution in [0, 0.1) is 5.92 Å². The average Bonchev–Trinajstić information content (AvgIpc) is 2.99. The lowest BCUT2D eigenvalue weighted by molar-refractivity contribution is 0.217. The van der Waals surface area contributed by atoms with E-state index in [0.717, 1.165) is 29.5 Å². The molecule has 1 atom stereocenters. The number of halogens is 1. The van der Waals surface area contributed by atoms with E-state index in [-0.39, 0.29) is 0 Å². The van der Waals surface area contributed by atoms with E-state index in [1.54, 1.807) is 11.0 Å². The molecule has 0 amide bonds. The van der Waals surface area contributed by atoms with E-state index in [1.807, 2.05) is 18.2 Å². The SMILES string of the molecule is CN1CCCC(CNc2cc(Cl)ccc2-n2cncn2)C1. The van der Waals surface area contributed by atoms with Crippen molar-refractivity contribution in [3.05, 3.63) is 35.9 Å². The Morgan fingerprint density at radius 2 is 2.33 bits per heavy atom. The number of anilines is 1. The second kappa shape index (κ2) is 6.45. The number of rotatable bonds is 4. The number of aromatic nitrogens is 3. The second-order valence-corrected chi connectivity index (χ2v) is 6.09. The third-order valence-electron chi connectivity index (χ3n) is 3.93. The first kappa shape index (κ1) is 14.4. The number of benzene rings is 1. The average molecular weight is 306 g/mol. The number of nitrogens with one attached hydrogen (secondary N) is 1. The molecule has 1 fully saturated rings. The summed E-state index contributed by atoms with van der Waals surface area (Å²) in [6, 6.07) is 5.79. The van der Waals surface area contributed by atoms with E-state index >= 15 is 0 Å². The van der Waals surface area contributed by atoms with Gasteiger partial charge >= 0.3 is 0 Å². The first-order valence-corrected chi connectivity index (χ1v) is 7.67. The largest absolute Gasteiger partial charge is 0.383 e. The quantitative estimate of drug-likeness (QED) is 0.943. The highest BCUT2D eigenvalue weighted by Gasteiger charge is 2.17. The Morgan fingerprint density at radius 1 is 1.43 bits per heavy atom. The molecule has 1 saturated heterocycles. The lowest BCUT2D eigenvalue weighted by atomic mass is 9.98. The fourth-order valence-corrected chi connectivity index (χ4v) is 3.05. The highest BCUT2D eigenvalue weighted by Crippen LogP contribution is 2.25. The molecule has 3 rings (SSSR count). The highest BCUT2D eigenvalue weighted by atomic mass is 35.5. The van der Waals surface area contributed by atoms with E-state index < -0.39 is 0 Å². The highest BCUT2D eigenvalue weighted by molar-refractivity contribution is 6.31. The van der Waals surface area contributed by atoms with Crippen LogP contribution in [0.1, 0.15) is 12.8 Å². The summed E-state index contributed by atoms with van der Waals surface area (Å²) in [4.78, 5) is 6.40. The molecule has 1 N–H and O–H groups in total. The fourth-order valence-electron chi connectivity index (χ4n) is 2.88. The summed E-state index contributed by atoms with van der Waals surface area (Å²) in [5.74, 6) is 0.673. The topological polar surface area (TPSA) is 46.0 Å². The third-order valence-corrected chi connectivity index (χ3v) is 4.16. The molecule has 112 valence electrons. The van der Waals surface area contributed by atoms with Crippen LogP contribution < -0.4 is 5.32 Å². The Hall–Kier alpha value is -1.59. The molecule has 0 spiro atoms. The maximum absolute atomic E-state index is 6.13. The minimum absolute atomic E-state index is 0.673. The van der Waals surface area contributed by atoms with Gasteiger partial charge in [0.1, 0.15) is 12.7 Å². The standard InChI is InChI=1S/C15H20ClN5/c1-20-6-2-3-12(9-20)8-18-14-7-13(16)4-5-15(14)21-11-17-10-19-21/h4-5,7,10-12,18H,2-3,6,8-9H2,1H3. The summed E-state index contributed by atoms with van der Waals surface area (Å²) >= 11 is 6.13. The molecule has 6 heteroatoms. The molecular weight excluding hydrogens is 286 g/mol. The number of hydrogen-bond donors (Lipinski definition) is 1. The van der Waals surface area contributed by atoms with E-state index in [4.69, 9.17) is 11.6 Å². The second-order valence-electron chi connectivity index (χ2n) is 5.65. The molecule has 5 nitrogen and oxygen atoms in total. The number of hydrogen-bond acceptors (Lipinski definition) is 4. The molecule has 1 aromatic heterocycles. The van der Waals surface area contributed by atoms with Gasteiger partial charge in [-0.05, 0) is 50.6 Å². The summed E-state index contributed by atoms with van der Waals surface area (Å²) in [5, 5.41) is 8.45. The first-order chi connectivity index (χ1) is 10.2. The van der Waals surface area contributed by atoms with E-state index in [9.17, 15) is 0 Å². The number of likely N-dealkylation sites (tertiary alicyclic amines) is 1. The minimum Gasteiger partial charge on any atom is -0.383 e. The monoisotopic (exact) mass is 305 g/mol. The molecule has 0 radical (unpaired) electrons. The maximum atomic E-state index is 6.13. The predicted octanol–water partition coefficient (Wildman–Crippen LogP) is 2.67. The molecule has 21 heavy (non-hydrogen) atoms. The molecule has 1 aliphatic rings.